The predicted molar refractivity (Wildman–Crippen MR) is 107 cm³/mol. The summed E-state index contributed by atoms with van der Waals surface area (Å²) in [7, 11) is 0. The molecule has 0 bridgehead atoms. The first kappa shape index (κ1) is 20.3. The van der Waals surface area contributed by atoms with Crippen molar-refractivity contribution in [1.82, 2.24) is 5.32 Å². The minimum absolute atomic E-state index is 0.208. The third-order valence-electron chi connectivity index (χ3n) is 3.84. The van der Waals surface area contributed by atoms with Crippen LogP contribution in [0.1, 0.15) is 27.9 Å². The van der Waals surface area contributed by atoms with Crippen molar-refractivity contribution in [2.45, 2.75) is 18.6 Å². The molecule has 0 radical (unpaired) electrons. The van der Waals surface area contributed by atoms with Gasteiger partial charge < -0.3 is 20.0 Å². The van der Waals surface area contributed by atoms with Crippen LogP contribution in [0, 0.1) is 6.92 Å². The highest BCUT2D eigenvalue weighted by molar-refractivity contribution is 8.15. The van der Waals surface area contributed by atoms with E-state index in [-0.39, 0.29) is 5.17 Å². The lowest BCUT2D eigenvalue weighted by molar-refractivity contribution is -0.305. The number of benzene rings is 2. The van der Waals surface area contributed by atoms with Gasteiger partial charge in [-0.15, -0.1) is 5.10 Å². The van der Waals surface area contributed by atoms with Crippen molar-refractivity contribution in [2.24, 2.45) is 10.2 Å². The summed E-state index contributed by atoms with van der Waals surface area (Å²) in [4.78, 5) is 34.4. The van der Waals surface area contributed by atoms with E-state index in [9.17, 15) is 19.5 Å². The number of esters is 1. The average molecular weight is 410 g/mol. The second kappa shape index (κ2) is 9.16. The molecule has 1 atom stereocenters. The number of thioether (sulfide) groups is 1. The van der Waals surface area contributed by atoms with Crippen molar-refractivity contribution >= 4 is 41.0 Å². The van der Waals surface area contributed by atoms with Crippen LogP contribution in [0.3, 0.4) is 0 Å². The normalized spacial score (nSPS) is 17.5. The van der Waals surface area contributed by atoms with Gasteiger partial charge in [-0.2, -0.15) is 5.10 Å². The monoisotopic (exact) mass is 410 g/mol. The Hall–Kier alpha value is -3.46. The smallest absolute Gasteiger partial charge is 0.343 e. The van der Waals surface area contributed by atoms with Gasteiger partial charge in [0.25, 0.3) is 0 Å². The second-order valence-electron chi connectivity index (χ2n) is 6.15. The molecule has 0 saturated carbocycles. The molecular formula is C20H16N3O5S-. The number of carbonyl (C=O) groups is 3. The fourth-order valence-electron chi connectivity index (χ4n) is 2.40. The van der Waals surface area contributed by atoms with Crippen molar-refractivity contribution in [3.63, 3.8) is 0 Å². The van der Waals surface area contributed by atoms with Gasteiger partial charge in [-0.1, -0.05) is 41.6 Å². The molecule has 148 valence electrons. The molecule has 0 unspecified atom stereocenters. The minimum Gasteiger partial charge on any atom is -0.550 e. The molecule has 2 aromatic rings. The van der Waals surface area contributed by atoms with Gasteiger partial charge in [0.15, 0.2) is 5.17 Å². The van der Waals surface area contributed by atoms with E-state index in [0.29, 0.717) is 16.9 Å². The molecule has 3 rings (SSSR count). The zero-order valence-electron chi connectivity index (χ0n) is 15.3. The number of carboxylic acids is 1. The van der Waals surface area contributed by atoms with Gasteiger partial charge >= 0.3 is 5.97 Å². The lowest BCUT2D eigenvalue weighted by atomic mass is 10.1. The summed E-state index contributed by atoms with van der Waals surface area (Å²) in [6, 6.07) is 13.8. The molecule has 1 saturated heterocycles. The molecule has 0 aromatic heterocycles. The molecule has 8 nitrogen and oxygen atoms in total. The summed E-state index contributed by atoms with van der Waals surface area (Å²) < 4.78 is 5.37. The zero-order chi connectivity index (χ0) is 20.8. The molecule has 1 heterocycles. The number of ether oxygens (including phenoxy) is 1. The Labute approximate surface area is 170 Å². The van der Waals surface area contributed by atoms with Crippen LogP contribution in [0.15, 0.2) is 58.7 Å². The molecule has 0 spiro atoms. The molecule has 1 aliphatic rings. The van der Waals surface area contributed by atoms with Crippen molar-refractivity contribution in [3.8, 4) is 5.75 Å². The minimum atomic E-state index is -1.31. The molecular weight excluding hydrogens is 394 g/mol. The highest BCUT2D eigenvalue weighted by Crippen LogP contribution is 2.22. The number of nitrogens with one attached hydrogen (secondary N) is 1. The lowest BCUT2D eigenvalue weighted by Gasteiger charge is -2.05. The van der Waals surface area contributed by atoms with Crippen LogP contribution in [-0.2, 0) is 9.59 Å². The van der Waals surface area contributed by atoms with Gasteiger partial charge in [-0.05, 0) is 36.8 Å². The van der Waals surface area contributed by atoms with Crippen LogP contribution >= 0.6 is 11.8 Å². The van der Waals surface area contributed by atoms with E-state index in [1.165, 1.54) is 6.21 Å². The van der Waals surface area contributed by atoms with E-state index in [1.54, 1.807) is 36.4 Å². The summed E-state index contributed by atoms with van der Waals surface area (Å²) in [5.74, 6) is -1.87. The Bertz CT molecular complexity index is 1000. The summed E-state index contributed by atoms with van der Waals surface area (Å²) in [5.41, 5.74) is 2.12. The molecule has 29 heavy (non-hydrogen) atoms. The number of aliphatic carboxylic acids is 1. The van der Waals surface area contributed by atoms with E-state index >= 15 is 0 Å². The third-order valence-corrected chi connectivity index (χ3v) is 4.91. The van der Waals surface area contributed by atoms with Gasteiger partial charge in [0.05, 0.1) is 17.0 Å². The number of hydrogen-bond donors (Lipinski definition) is 1. The number of carboxylic acid groups (broad SMARTS) is 1. The van der Waals surface area contributed by atoms with Crippen LogP contribution in [-0.4, -0.2) is 34.5 Å². The van der Waals surface area contributed by atoms with Gasteiger partial charge in [-0.3, -0.25) is 4.79 Å². The summed E-state index contributed by atoms with van der Waals surface area (Å²) in [6.07, 6.45) is 1.03. The number of carbonyl (C=O) groups excluding carboxylic acids is 3. The predicted octanol–water partition coefficient (Wildman–Crippen LogP) is 1.28. The Morgan fingerprint density at radius 2 is 2.00 bits per heavy atom. The third kappa shape index (κ3) is 5.76. The molecule has 1 fully saturated rings. The van der Waals surface area contributed by atoms with Gasteiger partial charge in [0.1, 0.15) is 5.75 Å². The first-order valence-electron chi connectivity index (χ1n) is 8.58. The Morgan fingerprint density at radius 3 is 2.72 bits per heavy atom. The molecule has 1 amide bonds. The van der Waals surface area contributed by atoms with E-state index < -0.39 is 29.5 Å². The van der Waals surface area contributed by atoms with Crippen molar-refractivity contribution < 1.29 is 24.2 Å². The SMILES string of the molecule is Cc1ccc(C(=O)Oc2cccc(/C=N\N=C3\NC(=O)[C@@H](CC(=O)[O-])S3)c2)cc1. The largest absolute Gasteiger partial charge is 0.550 e. The number of amidine groups is 1. The number of hydrogen-bond acceptors (Lipinski definition) is 8. The summed E-state index contributed by atoms with van der Waals surface area (Å²) in [6.45, 7) is 1.93. The van der Waals surface area contributed by atoms with Gasteiger partial charge in [0, 0.05) is 12.4 Å². The van der Waals surface area contributed by atoms with Crippen molar-refractivity contribution in [3.05, 3.63) is 65.2 Å². The van der Waals surface area contributed by atoms with E-state index in [0.717, 1.165) is 17.3 Å². The molecule has 1 aliphatic heterocycles. The van der Waals surface area contributed by atoms with Crippen LogP contribution in [0.5, 0.6) is 5.75 Å². The van der Waals surface area contributed by atoms with E-state index in [2.05, 4.69) is 15.5 Å². The molecule has 1 N–H and O–H groups in total. The van der Waals surface area contributed by atoms with E-state index in [4.69, 9.17) is 4.74 Å². The number of nitrogens with zero attached hydrogens (tertiary/aromatic N) is 2. The maximum atomic E-state index is 12.2. The van der Waals surface area contributed by atoms with Gasteiger partial charge in [-0.25, -0.2) is 4.79 Å². The number of amides is 1. The maximum absolute atomic E-state index is 12.2. The lowest BCUT2D eigenvalue weighted by Crippen LogP contribution is -2.31. The Kier molecular flexibility index (Phi) is 6.40. The van der Waals surface area contributed by atoms with Crippen LogP contribution < -0.4 is 15.2 Å². The fourth-order valence-corrected chi connectivity index (χ4v) is 3.31. The van der Waals surface area contributed by atoms with Crippen LogP contribution in [0.2, 0.25) is 0 Å². The Morgan fingerprint density at radius 1 is 1.24 bits per heavy atom. The maximum Gasteiger partial charge on any atom is 0.343 e. The van der Waals surface area contributed by atoms with Crippen molar-refractivity contribution in [2.75, 3.05) is 0 Å². The summed E-state index contributed by atoms with van der Waals surface area (Å²) in [5, 5.41) is 20.2. The zero-order valence-corrected chi connectivity index (χ0v) is 16.1. The summed E-state index contributed by atoms with van der Waals surface area (Å²) >= 11 is 0.978. The highest BCUT2D eigenvalue weighted by Gasteiger charge is 2.30. The Balaban J connectivity index is 1.62. The quantitative estimate of drug-likeness (QED) is 0.331. The molecule has 2 aromatic carbocycles. The number of rotatable bonds is 6. The second-order valence-corrected chi connectivity index (χ2v) is 7.34. The standard InChI is InChI=1S/C20H17N3O5S/c1-12-5-7-14(8-6-12)19(27)28-15-4-2-3-13(9-15)11-21-23-20-22-18(26)16(29-20)10-17(24)25/h2-9,11,16H,10H2,1H3,(H,24,25)(H,22,23,26)/p-1/b21-11-/t16-/m1/s1. The fraction of sp³-hybridized carbons (Fsp3) is 0.150. The number of aryl methyl sites for hydroxylation is 1. The molecule has 0 aliphatic carbocycles. The van der Waals surface area contributed by atoms with Crippen LogP contribution in [0.4, 0.5) is 0 Å². The van der Waals surface area contributed by atoms with E-state index in [1.807, 2.05) is 19.1 Å². The van der Waals surface area contributed by atoms with Gasteiger partial charge in [0.2, 0.25) is 5.91 Å². The first-order valence-corrected chi connectivity index (χ1v) is 9.46. The highest BCUT2D eigenvalue weighted by atomic mass is 32.2. The topological polar surface area (TPSA) is 120 Å². The van der Waals surface area contributed by atoms with Crippen molar-refractivity contribution in [1.29, 1.82) is 0 Å². The molecule has 9 heteroatoms. The van der Waals surface area contributed by atoms with Crippen LogP contribution in [0.25, 0.3) is 0 Å². The first-order chi connectivity index (χ1) is 13.9. The average Bonchev–Trinajstić information content (AvgIpc) is 3.01.